The number of fused-ring (bicyclic) bond motifs is 1. The molecule has 1 unspecified atom stereocenters. The fraction of sp³-hybridized carbons (Fsp3) is 0.174. The van der Waals surface area contributed by atoms with Gasteiger partial charge in [-0.1, -0.05) is 12.1 Å². The molecule has 138 valence electrons. The van der Waals surface area contributed by atoms with Crippen LogP contribution in [0.3, 0.4) is 0 Å². The van der Waals surface area contributed by atoms with Crippen molar-refractivity contribution in [3.63, 3.8) is 0 Å². The maximum Gasteiger partial charge on any atom is 0.169 e. The maximum atomic E-state index is 12.0. The van der Waals surface area contributed by atoms with Crippen LogP contribution in [0.5, 0.6) is 11.5 Å². The standard InChI is InChI=1S/C23H18N2O3/c1-15-14-25-10-8-19(15)23(17-4-2-16(13-24)3-5-17)28-18-6-7-20-21(26)9-11-27-22(20)12-18/h2-8,10,12,14,23H,9,11H2,1H3. The van der Waals surface area contributed by atoms with E-state index in [1.165, 1.54) is 0 Å². The molecule has 4 rings (SSSR count). The Morgan fingerprint density at radius 1 is 1.18 bits per heavy atom. The molecular formula is C23H18N2O3. The summed E-state index contributed by atoms with van der Waals surface area (Å²) in [5.41, 5.74) is 4.09. The minimum atomic E-state index is -0.381. The van der Waals surface area contributed by atoms with Gasteiger partial charge in [0.15, 0.2) is 5.78 Å². The van der Waals surface area contributed by atoms with Crippen molar-refractivity contribution < 1.29 is 14.3 Å². The van der Waals surface area contributed by atoms with Crippen LogP contribution in [0.15, 0.2) is 60.9 Å². The van der Waals surface area contributed by atoms with Crippen LogP contribution in [0.25, 0.3) is 0 Å². The zero-order valence-corrected chi connectivity index (χ0v) is 15.4. The zero-order valence-electron chi connectivity index (χ0n) is 15.4. The fourth-order valence-electron chi connectivity index (χ4n) is 3.27. The van der Waals surface area contributed by atoms with Crippen molar-refractivity contribution in [2.24, 2.45) is 0 Å². The van der Waals surface area contributed by atoms with Crippen LogP contribution < -0.4 is 9.47 Å². The SMILES string of the molecule is Cc1cnccc1C(Oc1ccc2c(c1)OCCC2=O)c1ccc(C#N)cc1. The molecule has 0 N–H and O–H groups in total. The summed E-state index contributed by atoms with van der Waals surface area (Å²) in [6.45, 7) is 2.37. The molecule has 2 aromatic carbocycles. The molecule has 5 nitrogen and oxygen atoms in total. The van der Waals surface area contributed by atoms with E-state index in [-0.39, 0.29) is 11.9 Å². The topological polar surface area (TPSA) is 72.2 Å². The van der Waals surface area contributed by atoms with Gasteiger partial charge in [-0.05, 0) is 48.4 Å². The fourth-order valence-corrected chi connectivity index (χ4v) is 3.27. The predicted molar refractivity (Wildman–Crippen MR) is 103 cm³/mol. The third kappa shape index (κ3) is 3.45. The Labute approximate surface area is 163 Å². The van der Waals surface area contributed by atoms with Crippen LogP contribution in [0.2, 0.25) is 0 Å². The molecule has 0 saturated heterocycles. The van der Waals surface area contributed by atoms with Gasteiger partial charge in [0.1, 0.15) is 17.6 Å². The lowest BCUT2D eigenvalue weighted by atomic mass is 9.98. The molecule has 5 heteroatoms. The van der Waals surface area contributed by atoms with Crippen LogP contribution in [0, 0.1) is 18.3 Å². The third-order valence-electron chi connectivity index (χ3n) is 4.78. The number of aromatic nitrogens is 1. The molecule has 1 aromatic heterocycles. The van der Waals surface area contributed by atoms with E-state index in [9.17, 15) is 4.79 Å². The predicted octanol–water partition coefficient (Wildman–Crippen LogP) is 4.40. The summed E-state index contributed by atoms with van der Waals surface area (Å²) in [6.07, 6.45) is 3.55. The molecular weight excluding hydrogens is 352 g/mol. The van der Waals surface area contributed by atoms with Crippen LogP contribution in [0.1, 0.15) is 45.1 Å². The van der Waals surface area contributed by atoms with Crippen molar-refractivity contribution in [1.29, 1.82) is 5.26 Å². The third-order valence-corrected chi connectivity index (χ3v) is 4.78. The van der Waals surface area contributed by atoms with E-state index in [1.54, 1.807) is 42.7 Å². The van der Waals surface area contributed by atoms with Crippen molar-refractivity contribution in [3.8, 4) is 17.6 Å². The molecule has 0 aliphatic carbocycles. The van der Waals surface area contributed by atoms with E-state index >= 15 is 0 Å². The number of rotatable bonds is 4. The van der Waals surface area contributed by atoms with Gasteiger partial charge in [0.25, 0.3) is 0 Å². The lowest BCUT2D eigenvalue weighted by molar-refractivity contribution is 0.0933. The molecule has 2 heterocycles. The van der Waals surface area contributed by atoms with Crippen molar-refractivity contribution >= 4 is 5.78 Å². The quantitative estimate of drug-likeness (QED) is 0.681. The first-order valence-electron chi connectivity index (χ1n) is 9.03. The number of ether oxygens (including phenoxy) is 2. The molecule has 1 atom stereocenters. The largest absolute Gasteiger partial charge is 0.492 e. The molecule has 0 saturated carbocycles. The Bertz CT molecular complexity index is 1070. The highest BCUT2D eigenvalue weighted by molar-refractivity contribution is 5.99. The molecule has 0 radical (unpaired) electrons. The summed E-state index contributed by atoms with van der Waals surface area (Å²) < 4.78 is 12.0. The second-order valence-corrected chi connectivity index (χ2v) is 6.64. The highest BCUT2D eigenvalue weighted by atomic mass is 16.5. The number of benzene rings is 2. The van der Waals surface area contributed by atoms with Crippen LogP contribution in [-0.4, -0.2) is 17.4 Å². The van der Waals surface area contributed by atoms with Crippen LogP contribution in [0.4, 0.5) is 0 Å². The van der Waals surface area contributed by atoms with Crippen LogP contribution >= 0.6 is 0 Å². The van der Waals surface area contributed by atoms with E-state index in [0.717, 1.165) is 16.7 Å². The Morgan fingerprint density at radius 2 is 2.00 bits per heavy atom. The van der Waals surface area contributed by atoms with Gasteiger partial charge < -0.3 is 9.47 Å². The number of hydrogen-bond donors (Lipinski definition) is 0. The van der Waals surface area contributed by atoms with Crippen molar-refractivity contribution in [3.05, 3.63) is 88.7 Å². The van der Waals surface area contributed by atoms with Gasteiger partial charge in [-0.3, -0.25) is 9.78 Å². The van der Waals surface area contributed by atoms with Gasteiger partial charge >= 0.3 is 0 Å². The van der Waals surface area contributed by atoms with E-state index in [0.29, 0.717) is 35.7 Å². The van der Waals surface area contributed by atoms with Crippen molar-refractivity contribution in [2.45, 2.75) is 19.4 Å². The van der Waals surface area contributed by atoms with Gasteiger partial charge in [0, 0.05) is 30.4 Å². The van der Waals surface area contributed by atoms with Crippen molar-refractivity contribution in [2.75, 3.05) is 6.61 Å². The second-order valence-electron chi connectivity index (χ2n) is 6.64. The Morgan fingerprint density at radius 3 is 2.75 bits per heavy atom. The van der Waals surface area contributed by atoms with E-state index in [2.05, 4.69) is 11.1 Å². The van der Waals surface area contributed by atoms with Gasteiger partial charge in [-0.2, -0.15) is 5.26 Å². The first-order chi connectivity index (χ1) is 13.7. The molecule has 3 aromatic rings. The monoisotopic (exact) mass is 370 g/mol. The minimum Gasteiger partial charge on any atom is -0.492 e. The Balaban J connectivity index is 1.73. The highest BCUT2D eigenvalue weighted by Gasteiger charge is 2.22. The number of aryl methyl sites for hydroxylation is 1. The number of ketones is 1. The minimum absolute atomic E-state index is 0.0846. The van der Waals surface area contributed by atoms with Crippen molar-refractivity contribution in [1.82, 2.24) is 4.98 Å². The Kier molecular flexibility index (Phi) is 4.77. The van der Waals surface area contributed by atoms with Gasteiger partial charge in [-0.15, -0.1) is 0 Å². The average Bonchev–Trinajstić information content (AvgIpc) is 2.73. The summed E-state index contributed by atoms with van der Waals surface area (Å²) in [6, 6.07) is 16.7. The molecule has 0 spiro atoms. The molecule has 28 heavy (non-hydrogen) atoms. The zero-order chi connectivity index (χ0) is 19.5. The number of carbonyl (C=O) groups is 1. The van der Waals surface area contributed by atoms with Crippen LogP contribution in [-0.2, 0) is 0 Å². The average molecular weight is 370 g/mol. The number of Topliss-reactive ketones (excluding diaryl/α,β-unsaturated/α-hetero) is 1. The number of hydrogen-bond acceptors (Lipinski definition) is 5. The summed E-state index contributed by atoms with van der Waals surface area (Å²) in [5.74, 6) is 1.25. The number of carbonyl (C=O) groups excluding carboxylic acids is 1. The first-order valence-corrected chi connectivity index (χ1v) is 9.03. The van der Waals surface area contributed by atoms with Gasteiger partial charge in [0.2, 0.25) is 0 Å². The second kappa shape index (κ2) is 7.53. The maximum absolute atomic E-state index is 12.0. The molecule has 1 aliphatic heterocycles. The smallest absolute Gasteiger partial charge is 0.169 e. The summed E-state index contributed by atoms with van der Waals surface area (Å²) >= 11 is 0. The van der Waals surface area contributed by atoms with E-state index in [4.69, 9.17) is 14.7 Å². The van der Waals surface area contributed by atoms with E-state index in [1.807, 2.05) is 25.1 Å². The highest BCUT2D eigenvalue weighted by Crippen LogP contribution is 2.34. The summed E-state index contributed by atoms with van der Waals surface area (Å²) in [7, 11) is 0. The van der Waals surface area contributed by atoms with E-state index < -0.39 is 0 Å². The Hall–Kier alpha value is -3.65. The molecule has 1 aliphatic rings. The van der Waals surface area contributed by atoms with Gasteiger partial charge in [-0.25, -0.2) is 0 Å². The number of nitriles is 1. The van der Waals surface area contributed by atoms with Gasteiger partial charge in [0.05, 0.1) is 23.8 Å². The number of pyridine rings is 1. The lowest BCUT2D eigenvalue weighted by Gasteiger charge is -2.23. The molecule has 0 bridgehead atoms. The number of nitrogens with zero attached hydrogens (tertiary/aromatic N) is 2. The molecule has 0 fully saturated rings. The summed E-state index contributed by atoms with van der Waals surface area (Å²) in [5, 5.41) is 9.07. The molecule has 0 amide bonds. The summed E-state index contributed by atoms with van der Waals surface area (Å²) in [4.78, 5) is 16.2. The first kappa shape index (κ1) is 17.7. The lowest BCUT2D eigenvalue weighted by Crippen LogP contribution is -2.16. The normalized spacial score (nSPS) is 13.8.